The third-order valence-electron chi connectivity index (χ3n) is 3.70. The van der Waals surface area contributed by atoms with E-state index in [9.17, 15) is 4.39 Å². The van der Waals surface area contributed by atoms with Crippen molar-refractivity contribution in [3.05, 3.63) is 59.4 Å². The van der Waals surface area contributed by atoms with Crippen LogP contribution in [0.15, 0.2) is 42.5 Å². The third-order valence-corrected chi connectivity index (χ3v) is 3.70. The Kier molecular flexibility index (Phi) is 3.46. The first-order valence-corrected chi connectivity index (χ1v) is 6.62. The average molecular weight is 271 g/mol. The Morgan fingerprint density at radius 1 is 1.15 bits per heavy atom. The molecule has 2 aromatic rings. The van der Waals surface area contributed by atoms with Crippen molar-refractivity contribution in [3.8, 4) is 0 Å². The van der Waals surface area contributed by atoms with Crippen LogP contribution in [-0.4, -0.2) is 23.7 Å². The molecule has 3 rings (SSSR count). The van der Waals surface area contributed by atoms with Gasteiger partial charge < -0.3 is 14.9 Å². The van der Waals surface area contributed by atoms with Crippen LogP contribution in [-0.2, 0) is 13.0 Å². The lowest BCUT2D eigenvalue weighted by Gasteiger charge is -2.19. The number of halogens is 1. The monoisotopic (exact) mass is 271 g/mol. The fourth-order valence-corrected chi connectivity index (χ4v) is 2.67. The standard InChI is InChI=1S/C15H15BFNO2/c17-14-9-11(5-6-13(14)16(19)20)10-18-8-7-12-3-1-2-4-15(12)18/h1-6,9,19-20H,7-8,10H2. The van der Waals surface area contributed by atoms with Crippen LogP contribution in [0, 0.1) is 5.82 Å². The Balaban J connectivity index is 1.81. The molecule has 0 bridgehead atoms. The third kappa shape index (κ3) is 2.42. The summed E-state index contributed by atoms with van der Waals surface area (Å²) in [5.41, 5.74) is 3.24. The molecule has 3 nitrogen and oxygen atoms in total. The van der Waals surface area contributed by atoms with Gasteiger partial charge >= 0.3 is 7.12 Å². The minimum atomic E-state index is -1.77. The molecule has 0 radical (unpaired) electrons. The second-order valence-corrected chi connectivity index (χ2v) is 5.03. The van der Waals surface area contributed by atoms with E-state index in [4.69, 9.17) is 10.0 Å². The van der Waals surface area contributed by atoms with Gasteiger partial charge in [-0.1, -0.05) is 30.3 Å². The summed E-state index contributed by atoms with van der Waals surface area (Å²) in [5, 5.41) is 18.0. The highest BCUT2D eigenvalue weighted by Crippen LogP contribution is 2.28. The molecule has 0 saturated carbocycles. The van der Waals surface area contributed by atoms with Gasteiger partial charge in [-0.15, -0.1) is 0 Å². The van der Waals surface area contributed by atoms with E-state index < -0.39 is 12.9 Å². The van der Waals surface area contributed by atoms with Gasteiger partial charge in [-0.05, 0) is 29.7 Å². The molecule has 0 atom stereocenters. The number of hydrogen-bond acceptors (Lipinski definition) is 3. The molecule has 1 aliphatic rings. The molecular weight excluding hydrogens is 256 g/mol. The minimum absolute atomic E-state index is 0.0874. The summed E-state index contributed by atoms with van der Waals surface area (Å²) in [4.78, 5) is 2.21. The number of benzene rings is 2. The van der Waals surface area contributed by atoms with Crippen molar-refractivity contribution in [1.82, 2.24) is 0 Å². The number of hydrogen-bond donors (Lipinski definition) is 2. The Hall–Kier alpha value is -1.85. The largest absolute Gasteiger partial charge is 0.491 e. The predicted octanol–water partition coefficient (Wildman–Crippen LogP) is 1.07. The molecule has 20 heavy (non-hydrogen) atoms. The van der Waals surface area contributed by atoms with Crippen LogP contribution in [0.25, 0.3) is 0 Å². The second-order valence-electron chi connectivity index (χ2n) is 5.03. The summed E-state index contributed by atoms with van der Waals surface area (Å²) in [7, 11) is -1.77. The molecule has 0 saturated heterocycles. The van der Waals surface area contributed by atoms with Crippen LogP contribution in [0.1, 0.15) is 11.1 Å². The number of anilines is 1. The molecule has 0 fully saturated rings. The molecule has 2 N–H and O–H groups in total. The second kappa shape index (κ2) is 5.27. The van der Waals surface area contributed by atoms with E-state index in [0.29, 0.717) is 6.54 Å². The summed E-state index contributed by atoms with van der Waals surface area (Å²) < 4.78 is 13.7. The Bertz CT molecular complexity index is 633. The predicted molar refractivity (Wildman–Crippen MR) is 77.4 cm³/mol. The highest BCUT2D eigenvalue weighted by Gasteiger charge is 2.20. The van der Waals surface area contributed by atoms with Crippen molar-refractivity contribution in [3.63, 3.8) is 0 Å². The minimum Gasteiger partial charge on any atom is -0.423 e. The summed E-state index contributed by atoms with van der Waals surface area (Å²) in [6.45, 7) is 1.54. The molecular formula is C15H15BFNO2. The molecule has 1 aliphatic heterocycles. The van der Waals surface area contributed by atoms with E-state index in [-0.39, 0.29) is 5.46 Å². The maximum atomic E-state index is 13.7. The molecule has 1 heterocycles. The maximum absolute atomic E-state index is 13.7. The Morgan fingerprint density at radius 2 is 1.95 bits per heavy atom. The first-order chi connectivity index (χ1) is 9.65. The van der Waals surface area contributed by atoms with E-state index >= 15 is 0 Å². The molecule has 0 aliphatic carbocycles. The Morgan fingerprint density at radius 3 is 2.70 bits per heavy atom. The number of fused-ring (bicyclic) bond motifs is 1. The highest BCUT2D eigenvalue weighted by atomic mass is 19.1. The van der Waals surface area contributed by atoms with Gasteiger partial charge in [0.25, 0.3) is 0 Å². The van der Waals surface area contributed by atoms with Crippen molar-refractivity contribution in [2.75, 3.05) is 11.4 Å². The van der Waals surface area contributed by atoms with Gasteiger partial charge in [-0.3, -0.25) is 0 Å². The lowest BCUT2D eigenvalue weighted by molar-refractivity contribution is 0.423. The number of para-hydroxylation sites is 1. The highest BCUT2D eigenvalue weighted by molar-refractivity contribution is 6.58. The molecule has 0 aromatic heterocycles. The van der Waals surface area contributed by atoms with Crippen LogP contribution in [0.5, 0.6) is 0 Å². The zero-order valence-corrected chi connectivity index (χ0v) is 11.0. The molecule has 2 aromatic carbocycles. The first-order valence-electron chi connectivity index (χ1n) is 6.62. The van der Waals surface area contributed by atoms with Crippen LogP contribution < -0.4 is 10.4 Å². The summed E-state index contributed by atoms with van der Waals surface area (Å²) in [6.07, 6.45) is 1.01. The Labute approximate surface area is 117 Å². The van der Waals surface area contributed by atoms with Gasteiger partial charge in [0.2, 0.25) is 0 Å². The van der Waals surface area contributed by atoms with Gasteiger partial charge in [-0.2, -0.15) is 0 Å². The van der Waals surface area contributed by atoms with Crippen molar-refractivity contribution in [2.24, 2.45) is 0 Å². The van der Waals surface area contributed by atoms with E-state index in [2.05, 4.69) is 17.0 Å². The SMILES string of the molecule is OB(O)c1ccc(CN2CCc3ccccc32)cc1F. The van der Waals surface area contributed by atoms with Crippen molar-refractivity contribution in [1.29, 1.82) is 0 Å². The van der Waals surface area contributed by atoms with Crippen LogP contribution in [0.2, 0.25) is 0 Å². The number of nitrogens with zero attached hydrogens (tertiary/aromatic N) is 1. The van der Waals surface area contributed by atoms with Crippen molar-refractivity contribution >= 4 is 18.3 Å². The normalized spacial score (nSPS) is 13.4. The van der Waals surface area contributed by atoms with Gasteiger partial charge in [0.1, 0.15) is 5.82 Å². The maximum Gasteiger partial charge on any atom is 0.491 e. The van der Waals surface area contributed by atoms with E-state index in [1.165, 1.54) is 23.4 Å². The molecule has 0 spiro atoms. The van der Waals surface area contributed by atoms with Gasteiger partial charge in [0, 0.05) is 24.2 Å². The average Bonchev–Trinajstić information content (AvgIpc) is 2.82. The van der Waals surface area contributed by atoms with Crippen LogP contribution in [0.4, 0.5) is 10.1 Å². The summed E-state index contributed by atoms with van der Waals surface area (Å²) >= 11 is 0. The molecule has 5 heteroatoms. The smallest absolute Gasteiger partial charge is 0.423 e. The quantitative estimate of drug-likeness (QED) is 0.821. The molecule has 0 amide bonds. The fourth-order valence-electron chi connectivity index (χ4n) is 2.67. The first kappa shape index (κ1) is 13.2. The summed E-state index contributed by atoms with van der Waals surface area (Å²) in [5.74, 6) is -0.579. The zero-order valence-electron chi connectivity index (χ0n) is 11.0. The lowest BCUT2D eigenvalue weighted by atomic mass is 9.79. The van der Waals surface area contributed by atoms with Gasteiger partial charge in [-0.25, -0.2) is 4.39 Å². The van der Waals surface area contributed by atoms with Gasteiger partial charge in [0.05, 0.1) is 0 Å². The molecule has 0 unspecified atom stereocenters. The number of rotatable bonds is 3. The van der Waals surface area contributed by atoms with Gasteiger partial charge in [0.15, 0.2) is 0 Å². The van der Waals surface area contributed by atoms with Crippen LogP contribution in [0.3, 0.4) is 0 Å². The topological polar surface area (TPSA) is 43.7 Å². The van der Waals surface area contributed by atoms with Crippen molar-refractivity contribution < 1.29 is 14.4 Å². The van der Waals surface area contributed by atoms with Crippen molar-refractivity contribution in [2.45, 2.75) is 13.0 Å². The van der Waals surface area contributed by atoms with Crippen LogP contribution >= 0.6 is 0 Å². The molecule has 102 valence electrons. The fraction of sp³-hybridized carbons (Fsp3) is 0.200. The van der Waals surface area contributed by atoms with E-state index in [1.807, 2.05) is 12.1 Å². The lowest BCUT2D eigenvalue weighted by Crippen LogP contribution is -2.33. The van der Waals surface area contributed by atoms with E-state index in [1.54, 1.807) is 6.07 Å². The summed E-state index contributed by atoms with van der Waals surface area (Å²) in [6, 6.07) is 12.7. The van der Waals surface area contributed by atoms with E-state index in [0.717, 1.165) is 18.5 Å². The zero-order chi connectivity index (χ0) is 14.1.